The first-order valence-electron chi connectivity index (χ1n) is 12.7. The summed E-state index contributed by atoms with van der Waals surface area (Å²) in [6, 6.07) is 34.5. The standard InChI is InChI=1S/C27H25N4SSi.3CH3.Sn/c1-33(2,3)25-20-19-24(32-25)26-28-29-30-31(26)27(21-13-7-4-8-14-21,22-15-9-5-10-16-22)23-17-11-6-12-18-23;;;;/h4-18,20H,1-3H3;3*1H3;. The Hall–Kier alpha value is -2.55. The van der Waals surface area contributed by atoms with Crippen molar-refractivity contribution in [2.75, 3.05) is 0 Å². The van der Waals surface area contributed by atoms with Crippen LogP contribution in [-0.4, -0.2) is 46.7 Å². The third-order valence-electron chi connectivity index (χ3n) is 6.84. The van der Waals surface area contributed by atoms with Crippen molar-refractivity contribution in [3.63, 3.8) is 0 Å². The second kappa shape index (κ2) is 9.96. The van der Waals surface area contributed by atoms with Gasteiger partial charge in [-0.25, -0.2) is 0 Å². The minimum atomic E-state index is -2.53. The molecule has 188 valence electrons. The molecule has 2 aromatic heterocycles. The van der Waals surface area contributed by atoms with E-state index in [4.69, 9.17) is 10.3 Å². The Kier molecular flexibility index (Phi) is 7.02. The van der Waals surface area contributed by atoms with Gasteiger partial charge in [0.15, 0.2) is 0 Å². The summed E-state index contributed by atoms with van der Waals surface area (Å²) in [5.74, 6) is 0.854. The Labute approximate surface area is 229 Å². The van der Waals surface area contributed by atoms with E-state index < -0.39 is 32.0 Å². The zero-order chi connectivity index (χ0) is 26.3. The summed E-state index contributed by atoms with van der Waals surface area (Å²) in [5, 5.41) is 13.9. The van der Waals surface area contributed by atoms with Gasteiger partial charge in [0, 0.05) is 0 Å². The molecule has 7 heteroatoms. The molecular weight excluding hydrogens is 595 g/mol. The van der Waals surface area contributed by atoms with Crippen molar-refractivity contribution in [3.05, 3.63) is 114 Å². The fourth-order valence-electron chi connectivity index (χ4n) is 4.94. The molecule has 0 unspecified atom stereocenters. The van der Waals surface area contributed by atoms with Crippen LogP contribution in [0.25, 0.3) is 10.7 Å². The number of nitrogens with zero attached hydrogens (tertiary/aromatic N) is 4. The first kappa shape index (κ1) is 26.1. The summed E-state index contributed by atoms with van der Waals surface area (Å²) in [5.41, 5.74) is 2.66. The fourth-order valence-corrected chi connectivity index (χ4v) is 14.9. The molecule has 0 fully saturated rings. The second-order valence-electron chi connectivity index (χ2n) is 11.6. The predicted molar refractivity (Wildman–Crippen MR) is 162 cm³/mol. The topological polar surface area (TPSA) is 43.6 Å². The average Bonchev–Trinajstić information content (AvgIpc) is 3.55. The van der Waals surface area contributed by atoms with Gasteiger partial charge >= 0.3 is 231 Å². The van der Waals surface area contributed by atoms with Gasteiger partial charge in [-0.15, -0.1) is 0 Å². The molecule has 0 spiro atoms. The van der Waals surface area contributed by atoms with Gasteiger partial charge < -0.3 is 0 Å². The Morgan fingerprint density at radius 3 is 1.59 bits per heavy atom. The molecule has 0 N–H and O–H groups in total. The van der Waals surface area contributed by atoms with Crippen LogP contribution >= 0.6 is 11.3 Å². The van der Waals surface area contributed by atoms with Crippen molar-refractivity contribution < 1.29 is 0 Å². The van der Waals surface area contributed by atoms with Gasteiger partial charge in [0.1, 0.15) is 0 Å². The van der Waals surface area contributed by atoms with E-state index in [1.54, 1.807) is 0 Å². The summed E-state index contributed by atoms with van der Waals surface area (Å²) in [4.78, 5) is 8.71. The molecule has 0 amide bonds. The van der Waals surface area contributed by atoms with E-state index in [0.717, 1.165) is 22.5 Å². The third-order valence-corrected chi connectivity index (χ3v) is 17.8. The quantitative estimate of drug-likeness (QED) is 0.156. The summed E-state index contributed by atoms with van der Waals surface area (Å²) in [6.07, 6.45) is 0. The van der Waals surface area contributed by atoms with E-state index in [9.17, 15) is 0 Å². The Morgan fingerprint density at radius 1 is 0.730 bits per heavy atom. The van der Waals surface area contributed by atoms with E-state index in [-0.39, 0.29) is 0 Å². The summed E-state index contributed by atoms with van der Waals surface area (Å²) in [7, 11) is -1.52. The first-order valence-corrected chi connectivity index (χ1v) is 27.0. The molecule has 2 heterocycles. The molecule has 5 rings (SSSR count). The third kappa shape index (κ3) is 4.75. The van der Waals surface area contributed by atoms with Crippen LogP contribution in [0.15, 0.2) is 97.1 Å². The molecular formula is C30H34N4SSiSn. The average molecular weight is 629 g/mol. The summed E-state index contributed by atoms with van der Waals surface area (Å²) < 4.78 is 5.12. The molecule has 0 aliphatic rings. The van der Waals surface area contributed by atoms with Crippen LogP contribution in [0.4, 0.5) is 0 Å². The maximum absolute atomic E-state index is 4.79. The molecule has 3 aromatic carbocycles. The molecule has 4 nitrogen and oxygen atoms in total. The molecule has 0 aliphatic carbocycles. The molecule has 0 radical (unpaired) electrons. The van der Waals surface area contributed by atoms with E-state index >= 15 is 0 Å². The number of aromatic nitrogens is 4. The van der Waals surface area contributed by atoms with Crippen molar-refractivity contribution in [1.29, 1.82) is 0 Å². The van der Waals surface area contributed by atoms with Crippen molar-refractivity contribution in [3.8, 4) is 10.7 Å². The van der Waals surface area contributed by atoms with Crippen LogP contribution in [0.3, 0.4) is 0 Å². The van der Waals surface area contributed by atoms with Gasteiger partial charge in [0.2, 0.25) is 0 Å². The molecule has 5 aromatic rings. The van der Waals surface area contributed by atoms with Gasteiger partial charge in [0.25, 0.3) is 0 Å². The Balaban J connectivity index is 1.90. The van der Waals surface area contributed by atoms with Crippen LogP contribution in [0.5, 0.6) is 0 Å². The van der Waals surface area contributed by atoms with E-state index in [0.29, 0.717) is 0 Å². The molecule has 0 bridgehead atoms. The van der Waals surface area contributed by atoms with Crippen LogP contribution < -0.4 is 8.08 Å². The van der Waals surface area contributed by atoms with Crippen molar-refractivity contribution in [1.82, 2.24) is 20.2 Å². The Morgan fingerprint density at radius 2 is 1.19 bits per heavy atom. The number of benzene rings is 3. The summed E-state index contributed by atoms with van der Waals surface area (Å²) in [6.45, 7) is 7.28. The van der Waals surface area contributed by atoms with Gasteiger partial charge in [0.05, 0.1) is 0 Å². The van der Waals surface area contributed by atoms with Crippen LogP contribution in [0.1, 0.15) is 16.7 Å². The Bertz CT molecular complexity index is 1390. The fraction of sp³-hybridized carbons (Fsp3) is 0.233. The van der Waals surface area contributed by atoms with Crippen molar-refractivity contribution in [2.45, 2.75) is 40.0 Å². The van der Waals surface area contributed by atoms with Crippen LogP contribution in [0.2, 0.25) is 34.5 Å². The number of tetrazole rings is 1. The SMILES string of the molecule is C[Si](C)(C)c1c[c]([Sn]([CH3])([CH3])[CH3])c(-c2nnnn2C(c2ccccc2)(c2ccccc2)c2ccccc2)s1. The molecule has 0 aliphatic heterocycles. The predicted octanol–water partition coefficient (Wildman–Crippen LogP) is 6.33. The molecule has 0 saturated carbocycles. The van der Waals surface area contributed by atoms with Crippen LogP contribution in [0, 0.1) is 0 Å². The summed E-state index contributed by atoms with van der Waals surface area (Å²) >= 11 is -0.611. The zero-order valence-corrected chi connectivity index (χ0v) is 27.1. The van der Waals surface area contributed by atoms with Gasteiger partial charge in [-0.05, 0) is 0 Å². The van der Waals surface area contributed by atoms with Gasteiger partial charge in [-0.2, -0.15) is 0 Å². The van der Waals surface area contributed by atoms with Gasteiger partial charge in [-0.3, -0.25) is 0 Å². The molecule has 37 heavy (non-hydrogen) atoms. The number of thiophene rings is 1. The number of hydrogen-bond acceptors (Lipinski definition) is 4. The van der Waals surface area contributed by atoms with Crippen LogP contribution in [-0.2, 0) is 5.54 Å². The first-order chi connectivity index (χ1) is 17.6. The molecule has 0 atom stereocenters. The molecule has 0 saturated heterocycles. The minimum absolute atomic E-state index is 0.726. The van der Waals surface area contributed by atoms with Crippen molar-refractivity contribution in [2.24, 2.45) is 0 Å². The van der Waals surface area contributed by atoms with E-state index in [2.05, 4.69) is 141 Å². The maximum atomic E-state index is 4.79. The van der Waals surface area contributed by atoms with E-state index in [1.807, 2.05) is 11.3 Å². The van der Waals surface area contributed by atoms with E-state index in [1.165, 1.54) is 13.0 Å². The monoisotopic (exact) mass is 630 g/mol. The van der Waals surface area contributed by atoms with Gasteiger partial charge in [-0.1, -0.05) is 0 Å². The zero-order valence-electron chi connectivity index (χ0n) is 22.4. The second-order valence-corrected chi connectivity index (χ2v) is 32.4. The van der Waals surface area contributed by atoms with Crippen molar-refractivity contribution >= 4 is 45.9 Å². The number of hydrogen-bond donors (Lipinski definition) is 0. The number of rotatable bonds is 7. The normalized spacial score (nSPS) is 12.6.